The second-order valence-corrected chi connectivity index (χ2v) is 13.1. The number of likely N-dealkylation sites (N-methyl/N-ethyl adjacent to an activating group) is 1. The van der Waals surface area contributed by atoms with Gasteiger partial charge in [0.2, 0.25) is 0 Å². The summed E-state index contributed by atoms with van der Waals surface area (Å²) in [6, 6.07) is 5.09. The minimum absolute atomic E-state index is 0.0665. The third-order valence-corrected chi connectivity index (χ3v) is 10.2. The molecule has 0 atom stereocenters. The van der Waals surface area contributed by atoms with Gasteiger partial charge in [-0.05, 0) is 31.3 Å². The summed E-state index contributed by atoms with van der Waals surface area (Å²) in [6.07, 6.45) is -8.78. The number of anilines is 1. The summed E-state index contributed by atoms with van der Waals surface area (Å²) >= 11 is 6.93. The van der Waals surface area contributed by atoms with Crippen molar-refractivity contribution in [1.82, 2.24) is 23.8 Å². The highest BCUT2D eigenvalue weighted by Crippen LogP contribution is 2.38. The SMILES string of the molecule is CN1CCN(S(=O)(=O)c2cc(NC(=O)c3cnn4c(C(F)(F)F)cc(-c5ccc(C(F)(F)F)cc5)nc34)c(Cl)s2)CC1. The van der Waals surface area contributed by atoms with Crippen LogP contribution in [0.5, 0.6) is 0 Å². The van der Waals surface area contributed by atoms with Crippen LogP contribution in [0.3, 0.4) is 0 Å². The molecule has 0 bridgehead atoms. The number of benzene rings is 1. The molecule has 42 heavy (non-hydrogen) atoms. The van der Waals surface area contributed by atoms with E-state index in [0.29, 0.717) is 47.1 Å². The molecule has 4 aromatic rings. The molecule has 1 saturated heterocycles. The number of sulfonamides is 1. The minimum Gasteiger partial charge on any atom is -0.320 e. The molecule has 1 aliphatic heterocycles. The number of hydrogen-bond acceptors (Lipinski definition) is 7. The van der Waals surface area contributed by atoms with E-state index >= 15 is 0 Å². The maximum atomic E-state index is 13.9. The number of alkyl halides is 6. The first kappa shape index (κ1) is 30.2. The summed E-state index contributed by atoms with van der Waals surface area (Å²) in [5.74, 6) is -0.988. The zero-order valence-corrected chi connectivity index (χ0v) is 23.7. The van der Waals surface area contributed by atoms with Gasteiger partial charge in [0.15, 0.2) is 11.3 Å². The first-order chi connectivity index (χ1) is 19.6. The Bertz CT molecular complexity index is 1760. The van der Waals surface area contributed by atoms with Gasteiger partial charge in [-0.2, -0.15) is 35.7 Å². The highest BCUT2D eigenvalue weighted by molar-refractivity contribution is 7.91. The molecule has 0 unspecified atom stereocenters. The van der Waals surface area contributed by atoms with Crippen molar-refractivity contribution < 1.29 is 39.6 Å². The topological polar surface area (TPSA) is 99.9 Å². The van der Waals surface area contributed by atoms with E-state index in [0.717, 1.165) is 24.4 Å². The number of halogens is 7. The Balaban J connectivity index is 1.49. The number of rotatable bonds is 5. The number of nitrogens with one attached hydrogen (secondary N) is 1. The minimum atomic E-state index is -4.97. The average molecular weight is 653 g/mol. The number of carbonyl (C=O) groups excluding carboxylic acids is 1. The van der Waals surface area contributed by atoms with Gasteiger partial charge in [-0.15, -0.1) is 11.3 Å². The number of aromatic nitrogens is 3. The zero-order valence-electron chi connectivity index (χ0n) is 21.3. The summed E-state index contributed by atoms with van der Waals surface area (Å²) in [7, 11) is -2.06. The lowest BCUT2D eigenvalue weighted by atomic mass is 10.1. The van der Waals surface area contributed by atoms with E-state index in [2.05, 4.69) is 15.4 Å². The third kappa shape index (κ3) is 5.83. The third-order valence-electron chi connectivity index (χ3n) is 6.48. The van der Waals surface area contributed by atoms with Crippen molar-refractivity contribution in [3.05, 3.63) is 63.8 Å². The normalized spacial score (nSPS) is 15.8. The van der Waals surface area contributed by atoms with E-state index in [9.17, 15) is 39.6 Å². The number of piperazine rings is 1. The molecule has 0 aliphatic carbocycles. The van der Waals surface area contributed by atoms with E-state index in [-0.39, 0.29) is 38.6 Å². The Morgan fingerprint density at radius 1 is 1.00 bits per heavy atom. The number of hydrogen-bond donors (Lipinski definition) is 1. The van der Waals surface area contributed by atoms with Crippen molar-refractivity contribution in [3.63, 3.8) is 0 Å². The zero-order chi connectivity index (χ0) is 30.6. The van der Waals surface area contributed by atoms with Gasteiger partial charge in [-0.25, -0.2) is 17.9 Å². The van der Waals surface area contributed by atoms with Gasteiger partial charge in [0.05, 0.1) is 23.1 Å². The van der Waals surface area contributed by atoms with Crippen molar-refractivity contribution in [2.45, 2.75) is 16.6 Å². The quantitative estimate of drug-likeness (QED) is 0.293. The van der Waals surface area contributed by atoms with Crippen molar-refractivity contribution in [1.29, 1.82) is 0 Å². The number of amides is 1. The highest BCUT2D eigenvalue weighted by atomic mass is 35.5. The van der Waals surface area contributed by atoms with Gasteiger partial charge in [-0.1, -0.05) is 23.7 Å². The van der Waals surface area contributed by atoms with Gasteiger partial charge in [-0.3, -0.25) is 4.79 Å². The van der Waals surface area contributed by atoms with Crippen molar-refractivity contribution in [3.8, 4) is 11.3 Å². The summed E-state index contributed by atoms with van der Waals surface area (Å²) in [5, 5.41) is 6.05. The molecule has 3 aromatic heterocycles. The van der Waals surface area contributed by atoms with E-state index in [1.807, 2.05) is 11.9 Å². The number of carbonyl (C=O) groups is 1. The molecule has 1 fully saturated rings. The molecule has 1 amide bonds. The second kappa shape index (κ2) is 10.8. The first-order valence-electron chi connectivity index (χ1n) is 12.0. The molecule has 18 heteroatoms. The van der Waals surface area contributed by atoms with Crippen LogP contribution in [-0.4, -0.2) is 71.4 Å². The van der Waals surface area contributed by atoms with Gasteiger partial charge < -0.3 is 10.2 Å². The lowest BCUT2D eigenvalue weighted by Crippen LogP contribution is -2.46. The molecular weight excluding hydrogens is 634 g/mol. The summed E-state index contributed by atoms with van der Waals surface area (Å²) in [4.78, 5) is 19.2. The second-order valence-electron chi connectivity index (χ2n) is 9.31. The number of nitrogens with zero attached hydrogens (tertiary/aromatic N) is 5. The molecule has 0 spiro atoms. The molecule has 0 radical (unpaired) electrons. The lowest BCUT2D eigenvalue weighted by molar-refractivity contribution is -0.142. The van der Waals surface area contributed by atoms with E-state index in [1.165, 1.54) is 4.31 Å². The maximum Gasteiger partial charge on any atom is 0.433 e. The largest absolute Gasteiger partial charge is 0.433 e. The average Bonchev–Trinajstić information content (AvgIpc) is 3.51. The molecule has 4 heterocycles. The standard InChI is InChI=1S/C24H19ClF6N6O3S2/c1-35-6-8-36(9-7-35)42(39,40)19-11-17(20(25)41-19)34-22(38)15-12-32-37-18(24(29,30)31)10-16(33-21(15)37)13-2-4-14(5-3-13)23(26,27)28/h2-5,10-12H,6-9H2,1H3,(H,34,38). The first-order valence-corrected chi connectivity index (χ1v) is 14.6. The Labute approximate surface area is 243 Å². The molecular formula is C24H19ClF6N6O3S2. The van der Waals surface area contributed by atoms with Crippen LogP contribution in [0.4, 0.5) is 32.0 Å². The maximum absolute atomic E-state index is 13.9. The Morgan fingerprint density at radius 3 is 2.24 bits per heavy atom. The van der Waals surface area contributed by atoms with Crippen LogP contribution in [0.2, 0.25) is 4.34 Å². The van der Waals surface area contributed by atoms with Crippen LogP contribution in [0, 0.1) is 0 Å². The van der Waals surface area contributed by atoms with Crippen molar-refractivity contribution in [2.24, 2.45) is 0 Å². The fourth-order valence-electron chi connectivity index (χ4n) is 4.21. The van der Waals surface area contributed by atoms with Crippen LogP contribution in [0.1, 0.15) is 21.6 Å². The fraction of sp³-hybridized carbons (Fsp3) is 0.292. The number of thiophene rings is 1. The predicted molar refractivity (Wildman–Crippen MR) is 142 cm³/mol. The summed E-state index contributed by atoms with van der Waals surface area (Å²) in [5.41, 5.74) is -3.79. The molecule has 1 N–H and O–H groups in total. The van der Waals surface area contributed by atoms with Gasteiger partial charge in [0.1, 0.15) is 14.1 Å². The molecule has 5 rings (SSSR count). The van der Waals surface area contributed by atoms with E-state index in [1.54, 1.807) is 0 Å². The van der Waals surface area contributed by atoms with Gasteiger partial charge >= 0.3 is 12.4 Å². The fourth-order valence-corrected chi connectivity index (χ4v) is 7.42. The Hall–Kier alpha value is -3.25. The van der Waals surface area contributed by atoms with Crippen LogP contribution in [-0.2, 0) is 22.4 Å². The Morgan fingerprint density at radius 2 is 1.64 bits per heavy atom. The van der Waals surface area contributed by atoms with Crippen molar-refractivity contribution >= 4 is 50.2 Å². The molecule has 9 nitrogen and oxygen atoms in total. The van der Waals surface area contributed by atoms with Crippen LogP contribution < -0.4 is 5.32 Å². The van der Waals surface area contributed by atoms with Gasteiger partial charge in [0.25, 0.3) is 15.9 Å². The predicted octanol–water partition coefficient (Wildman–Crippen LogP) is 5.34. The van der Waals surface area contributed by atoms with Gasteiger partial charge in [0, 0.05) is 31.7 Å². The molecule has 0 saturated carbocycles. The highest BCUT2D eigenvalue weighted by Gasteiger charge is 2.37. The van der Waals surface area contributed by atoms with Crippen molar-refractivity contribution in [2.75, 3.05) is 38.5 Å². The van der Waals surface area contributed by atoms with E-state index < -0.39 is 50.8 Å². The Kier molecular flexibility index (Phi) is 7.76. The molecule has 1 aromatic carbocycles. The summed E-state index contributed by atoms with van der Waals surface area (Å²) in [6.45, 7) is 1.57. The molecule has 224 valence electrons. The smallest absolute Gasteiger partial charge is 0.320 e. The summed E-state index contributed by atoms with van der Waals surface area (Å²) < 4.78 is 108. The van der Waals surface area contributed by atoms with Crippen LogP contribution in [0.25, 0.3) is 16.9 Å². The van der Waals surface area contributed by atoms with E-state index in [4.69, 9.17) is 11.6 Å². The monoisotopic (exact) mass is 652 g/mol. The van der Waals surface area contributed by atoms with Crippen LogP contribution in [0.15, 0.2) is 46.8 Å². The lowest BCUT2D eigenvalue weighted by Gasteiger charge is -2.31. The number of fused-ring (bicyclic) bond motifs is 1. The van der Waals surface area contributed by atoms with Crippen LogP contribution >= 0.6 is 22.9 Å². The molecule has 1 aliphatic rings.